The standard InChI is InChI=1S/C28H22N2O3/c29-28(32)21-7-6-19-10-23-11-20-8-9-26(15-25(20)14-24(23)13-22(19)12-21)30-27(31)17-33-16-18-4-2-1-3-5-18/h1-15H,16-17H2,(H2,29,32)(H,30,31). The summed E-state index contributed by atoms with van der Waals surface area (Å²) in [5.74, 6) is -0.639. The zero-order valence-electron chi connectivity index (χ0n) is 17.9. The first-order valence-electron chi connectivity index (χ1n) is 10.7. The van der Waals surface area contributed by atoms with Crippen molar-refractivity contribution in [1.82, 2.24) is 0 Å². The van der Waals surface area contributed by atoms with Crippen LogP contribution in [0.5, 0.6) is 0 Å². The normalized spacial score (nSPS) is 11.2. The Kier molecular flexibility index (Phi) is 5.47. The quantitative estimate of drug-likeness (QED) is 0.351. The van der Waals surface area contributed by atoms with E-state index in [2.05, 4.69) is 29.6 Å². The van der Waals surface area contributed by atoms with Crippen molar-refractivity contribution in [3.63, 3.8) is 0 Å². The number of hydrogen-bond acceptors (Lipinski definition) is 3. The summed E-state index contributed by atoms with van der Waals surface area (Å²) in [6.45, 7) is 0.377. The van der Waals surface area contributed by atoms with E-state index >= 15 is 0 Å². The molecule has 0 atom stereocenters. The zero-order chi connectivity index (χ0) is 22.8. The molecule has 162 valence electrons. The van der Waals surface area contributed by atoms with E-state index in [1.807, 2.05) is 60.7 Å². The van der Waals surface area contributed by atoms with Crippen molar-refractivity contribution in [1.29, 1.82) is 0 Å². The molecule has 5 rings (SSSR count). The molecule has 5 heteroatoms. The third kappa shape index (κ3) is 4.54. The predicted molar refractivity (Wildman–Crippen MR) is 132 cm³/mol. The number of anilines is 1. The van der Waals surface area contributed by atoms with Gasteiger partial charge in [0.25, 0.3) is 0 Å². The van der Waals surface area contributed by atoms with Gasteiger partial charge in [-0.2, -0.15) is 0 Å². The Hall–Kier alpha value is -4.22. The number of carbonyl (C=O) groups is 2. The highest BCUT2D eigenvalue weighted by Crippen LogP contribution is 2.29. The topological polar surface area (TPSA) is 81.4 Å². The summed E-state index contributed by atoms with van der Waals surface area (Å²) >= 11 is 0. The fourth-order valence-electron chi connectivity index (χ4n) is 4.01. The summed E-state index contributed by atoms with van der Waals surface area (Å²) < 4.78 is 5.52. The van der Waals surface area contributed by atoms with Crippen LogP contribution < -0.4 is 11.1 Å². The van der Waals surface area contributed by atoms with Crippen LogP contribution in [0, 0.1) is 0 Å². The van der Waals surface area contributed by atoms with Gasteiger partial charge in [0.15, 0.2) is 0 Å². The highest BCUT2D eigenvalue weighted by Gasteiger charge is 2.07. The maximum Gasteiger partial charge on any atom is 0.250 e. The van der Waals surface area contributed by atoms with Crippen molar-refractivity contribution in [2.24, 2.45) is 5.73 Å². The minimum absolute atomic E-state index is 0.0150. The molecule has 0 aliphatic heterocycles. The van der Waals surface area contributed by atoms with Gasteiger partial charge in [0.1, 0.15) is 6.61 Å². The predicted octanol–water partition coefficient (Wildman–Crippen LogP) is 5.40. The number of rotatable bonds is 6. The third-order valence-electron chi connectivity index (χ3n) is 5.66. The van der Waals surface area contributed by atoms with Gasteiger partial charge >= 0.3 is 0 Å². The molecule has 33 heavy (non-hydrogen) atoms. The molecule has 0 saturated carbocycles. The van der Waals surface area contributed by atoms with Crippen LogP contribution in [0.3, 0.4) is 0 Å². The summed E-state index contributed by atoms with van der Waals surface area (Å²) in [7, 11) is 0. The molecule has 0 saturated heterocycles. The molecule has 0 spiro atoms. The number of benzene rings is 5. The summed E-state index contributed by atoms with van der Waals surface area (Å²) in [6.07, 6.45) is 0. The molecule has 5 nitrogen and oxygen atoms in total. The monoisotopic (exact) mass is 434 g/mol. The SMILES string of the molecule is NC(=O)c1ccc2cc3cc4ccc(NC(=O)COCc5ccccc5)cc4cc3cc2c1. The van der Waals surface area contributed by atoms with Crippen LogP contribution in [-0.4, -0.2) is 18.4 Å². The van der Waals surface area contributed by atoms with Gasteiger partial charge < -0.3 is 15.8 Å². The van der Waals surface area contributed by atoms with Crippen molar-refractivity contribution >= 4 is 49.8 Å². The molecular formula is C28H22N2O3. The maximum atomic E-state index is 12.3. The van der Waals surface area contributed by atoms with E-state index in [4.69, 9.17) is 10.5 Å². The van der Waals surface area contributed by atoms with E-state index in [0.717, 1.165) is 37.9 Å². The Bertz CT molecular complexity index is 1510. The second-order valence-corrected chi connectivity index (χ2v) is 8.07. The Morgan fingerprint density at radius 3 is 2.00 bits per heavy atom. The van der Waals surface area contributed by atoms with Crippen molar-refractivity contribution < 1.29 is 14.3 Å². The average Bonchev–Trinajstić information content (AvgIpc) is 2.81. The molecular weight excluding hydrogens is 412 g/mol. The highest BCUT2D eigenvalue weighted by molar-refractivity contribution is 6.07. The summed E-state index contributed by atoms with van der Waals surface area (Å²) in [4.78, 5) is 23.8. The van der Waals surface area contributed by atoms with Crippen molar-refractivity contribution in [2.75, 3.05) is 11.9 Å². The summed E-state index contributed by atoms with van der Waals surface area (Å²) in [6, 6.07) is 29.4. The maximum absolute atomic E-state index is 12.3. The van der Waals surface area contributed by atoms with E-state index in [0.29, 0.717) is 17.9 Å². The lowest BCUT2D eigenvalue weighted by Gasteiger charge is -2.09. The van der Waals surface area contributed by atoms with Gasteiger partial charge in [-0.15, -0.1) is 0 Å². The van der Waals surface area contributed by atoms with Crippen molar-refractivity contribution in [2.45, 2.75) is 6.61 Å². The first kappa shape index (κ1) is 20.7. The van der Waals surface area contributed by atoms with Gasteiger partial charge in [-0.3, -0.25) is 9.59 Å². The molecule has 0 radical (unpaired) electrons. The number of ether oxygens (including phenoxy) is 1. The second kappa shape index (κ2) is 8.73. The molecule has 5 aromatic rings. The van der Waals surface area contributed by atoms with Gasteiger partial charge in [0.2, 0.25) is 11.8 Å². The van der Waals surface area contributed by atoms with Crippen LogP contribution in [-0.2, 0) is 16.1 Å². The molecule has 0 aliphatic rings. The molecule has 0 aromatic heterocycles. The van der Waals surface area contributed by atoms with Crippen LogP contribution in [0.2, 0.25) is 0 Å². The Balaban J connectivity index is 1.36. The number of nitrogens with one attached hydrogen (secondary N) is 1. The molecule has 5 aromatic carbocycles. The van der Waals surface area contributed by atoms with Crippen molar-refractivity contribution in [3.05, 3.63) is 102 Å². The molecule has 0 aliphatic carbocycles. The van der Waals surface area contributed by atoms with Gasteiger partial charge in [-0.25, -0.2) is 0 Å². The van der Waals surface area contributed by atoms with Gasteiger partial charge in [-0.1, -0.05) is 42.5 Å². The minimum atomic E-state index is -0.441. The first-order valence-corrected chi connectivity index (χ1v) is 10.7. The van der Waals surface area contributed by atoms with E-state index in [1.165, 1.54) is 0 Å². The van der Waals surface area contributed by atoms with E-state index in [9.17, 15) is 9.59 Å². The minimum Gasteiger partial charge on any atom is -0.367 e. The van der Waals surface area contributed by atoms with Crippen LogP contribution in [0.25, 0.3) is 32.3 Å². The number of nitrogens with two attached hydrogens (primary N) is 1. The second-order valence-electron chi connectivity index (χ2n) is 8.07. The van der Waals surface area contributed by atoms with Crippen LogP contribution in [0.15, 0.2) is 91.0 Å². The van der Waals surface area contributed by atoms with Crippen LogP contribution in [0.4, 0.5) is 5.69 Å². The number of carbonyl (C=O) groups excluding carboxylic acids is 2. The lowest BCUT2D eigenvalue weighted by Crippen LogP contribution is -2.18. The fraction of sp³-hybridized carbons (Fsp3) is 0.0714. The Morgan fingerprint density at radius 2 is 1.30 bits per heavy atom. The van der Waals surface area contributed by atoms with E-state index in [-0.39, 0.29) is 12.5 Å². The van der Waals surface area contributed by atoms with Gasteiger partial charge in [-0.05, 0) is 86.4 Å². The van der Waals surface area contributed by atoms with E-state index < -0.39 is 5.91 Å². The Morgan fingerprint density at radius 1 is 0.697 bits per heavy atom. The van der Waals surface area contributed by atoms with Crippen LogP contribution in [0.1, 0.15) is 15.9 Å². The molecule has 0 heterocycles. The van der Waals surface area contributed by atoms with Crippen molar-refractivity contribution in [3.8, 4) is 0 Å². The lowest BCUT2D eigenvalue weighted by atomic mass is 9.98. The zero-order valence-corrected chi connectivity index (χ0v) is 17.9. The van der Waals surface area contributed by atoms with Crippen LogP contribution >= 0.6 is 0 Å². The average molecular weight is 434 g/mol. The fourth-order valence-corrected chi connectivity index (χ4v) is 4.01. The largest absolute Gasteiger partial charge is 0.367 e. The van der Waals surface area contributed by atoms with Gasteiger partial charge in [0, 0.05) is 11.3 Å². The van der Waals surface area contributed by atoms with E-state index in [1.54, 1.807) is 6.07 Å². The number of amides is 2. The molecule has 0 unspecified atom stereocenters. The number of hydrogen-bond donors (Lipinski definition) is 2. The number of primary amides is 1. The number of fused-ring (bicyclic) bond motifs is 3. The molecule has 2 amide bonds. The smallest absolute Gasteiger partial charge is 0.250 e. The van der Waals surface area contributed by atoms with Gasteiger partial charge in [0.05, 0.1) is 6.61 Å². The first-order chi connectivity index (χ1) is 16.0. The summed E-state index contributed by atoms with van der Waals surface area (Å²) in [5, 5.41) is 9.15. The lowest BCUT2D eigenvalue weighted by molar-refractivity contribution is -0.121. The third-order valence-corrected chi connectivity index (χ3v) is 5.66. The highest BCUT2D eigenvalue weighted by atomic mass is 16.5. The summed E-state index contributed by atoms with van der Waals surface area (Å²) in [5.41, 5.74) is 7.65. The molecule has 0 fully saturated rings. The molecule has 3 N–H and O–H groups in total. The molecule has 0 bridgehead atoms. The Labute approximate surface area is 190 Å².